The van der Waals surface area contributed by atoms with E-state index in [2.05, 4.69) is 34.1 Å². The fourth-order valence-electron chi connectivity index (χ4n) is 3.93. The van der Waals surface area contributed by atoms with Gasteiger partial charge in [-0.3, -0.25) is 0 Å². The zero-order valence-corrected chi connectivity index (χ0v) is 11.3. The largest absolute Gasteiger partial charge is 0.356 e. The summed E-state index contributed by atoms with van der Waals surface area (Å²) in [6.07, 6.45) is 8.30. The van der Waals surface area contributed by atoms with Gasteiger partial charge in [-0.1, -0.05) is 31.4 Å². The number of hydrogen-bond donors (Lipinski definition) is 1. The van der Waals surface area contributed by atoms with Crippen LogP contribution in [-0.2, 0) is 0 Å². The standard InChI is InChI=1S/C16H21N3/c1-2-6-12(7-3-1)14-10-11-17-16-18-13-8-4-5-9-15(13)19(14)16/h4-5,8-9,12,14H,1-3,6-7,10-11H2,(H,17,18). The molecule has 1 fully saturated rings. The topological polar surface area (TPSA) is 29.9 Å². The van der Waals surface area contributed by atoms with E-state index in [0.29, 0.717) is 6.04 Å². The minimum absolute atomic E-state index is 0.656. The summed E-state index contributed by atoms with van der Waals surface area (Å²) in [5, 5.41) is 3.47. The number of fused-ring (bicyclic) bond motifs is 3. The Morgan fingerprint density at radius 2 is 1.89 bits per heavy atom. The van der Waals surface area contributed by atoms with Gasteiger partial charge in [0.15, 0.2) is 0 Å². The van der Waals surface area contributed by atoms with Gasteiger partial charge >= 0.3 is 0 Å². The van der Waals surface area contributed by atoms with Crippen LogP contribution in [-0.4, -0.2) is 16.1 Å². The lowest BCUT2D eigenvalue weighted by Crippen LogP contribution is -2.29. The highest BCUT2D eigenvalue weighted by atomic mass is 15.2. The van der Waals surface area contributed by atoms with Crippen LogP contribution in [0.4, 0.5) is 5.95 Å². The molecule has 3 nitrogen and oxygen atoms in total. The van der Waals surface area contributed by atoms with Crippen molar-refractivity contribution in [3.63, 3.8) is 0 Å². The van der Waals surface area contributed by atoms with Crippen LogP contribution in [0.3, 0.4) is 0 Å². The molecule has 2 aromatic rings. The number of aromatic nitrogens is 2. The number of benzene rings is 1. The van der Waals surface area contributed by atoms with Crippen molar-refractivity contribution in [1.29, 1.82) is 0 Å². The van der Waals surface area contributed by atoms with E-state index in [1.165, 1.54) is 44.0 Å². The monoisotopic (exact) mass is 255 g/mol. The van der Waals surface area contributed by atoms with E-state index in [1.54, 1.807) is 0 Å². The third kappa shape index (κ3) is 1.83. The first-order chi connectivity index (χ1) is 9.43. The predicted molar refractivity (Wildman–Crippen MR) is 78.5 cm³/mol. The molecule has 2 aliphatic rings. The third-order valence-electron chi connectivity index (χ3n) is 4.84. The van der Waals surface area contributed by atoms with Crippen molar-refractivity contribution in [2.45, 2.75) is 44.6 Å². The zero-order chi connectivity index (χ0) is 12.7. The summed E-state index contributed by atoms with van der Waals surface area (Å²) in [6, 6.07) is 9.21. The van der Waals surface area contributed by atoms with Crippen molar-refractivity contribution in [3.8, 4) is 0 Å². The fraction of sp³-hybridized carbons (Fsp3) is 0.562. The molecule has 1 N–H and O–H groups in total. The van der Waals surface area contributed by atoms with Crippen LogP contribution in [0.25, 0.3) is 11.0 Å². The van der Waals surface area contributed by atoms with Crippen molar-refractivity contribution in [2.24, 2.45) is 5.92 Å². The Hall–Kier alpha value is -1.51. The number of para-hydroxylation sites is 2. The highest BCUT2D eigenvalue weighted by molar-refractivity contribution is 5.79. The molecule has 0 radical (unpaired) electrons. The predicted octanol–water partition coefficient (Wildman–Crippen LogP) is 3.97. The Labute approximate surface area is 114 Å². The molecule has 1 unspecified atom stereocenters. The highest BCUT2D eigenvalue weighted by Crippen LogP contribution is 2.40. The SMILES string of the molecule is c1ccc2c(c1)nc1n2C(C2CCCCC2)CCN1. The van der Waals surface area contributed by atoms with Crippen LogP contribution in [0.1, 0.15) is 44.6 Å². The van der Waals surface area contributed by atoms with Crippen molar-refractivity contribution in [1.82, 2.24) is 9.55 Å². The first-order valence-corrected chi connectivity index (χ1v) is 7.64. The molecular weight excluding hydrogens is 234 g/mol. The van der Waals surface area contributed by atoms with Crippen LogP contribution in [0.2, 0.25) is 0 Å². The Morgan fingerprint density at radius 3 is 2.79 bits per heavy atom. The molecule has 100 valence electrons. The van der Waals surface area contributed by atoms with Gasteiger partial charge < -0.3 is 9.88 Å². The second kappa shape index (κ2) is 4.55. The van der Waals surface area contributed by atoms with Gasteiger partial charge in [0.1, 0.15) is 0 Å². The van der Waals surface area contributed by atoms with E-state index < -0.39 is 0 Å². The molecule has 1 saturated carbocycles. The van der Waals surface area contributed by atoms with Gasteiger partial charge in [-0.05, 0) is 37.3 Å². The smallest absolute Gasteiger partial charge is 0.204 e. The molecule has 1 aromatic heterocycles. The Morgan fingerprint density at radius 1 is 1.05 bits per heavy atom. The summed E-state index contributed by atoms with van der Waals surface area (Å²) in [6.45, 7) is 1.07. The number of rotatable bonds is 1. The minimum atomic E-state index is 0.656. The summed E-state index contributed by atoms with van der Waals surface area (Å²) < 4.78 is 2.48. The van der Waals surface area contributed by atoms with Gasteiger partial charge in [0.2, 0.25) is 5.95 Å². The van der Waals surface area contributed by atoms with Gasteiger partial charge in [0, 0.05) is 12.6 Å². The Balaban J connectivity index is 1.80. The summed E-state index contributed by atoms with van der Waals surface area (Å²) >= 11 is 0. The van der Waals surface area contributed by atoms with Crippen LogP contribution in [0.15, 0.2) is 24.3 Å². The molecule has 0 saturated heterocycles. The number of anilines is 1. The van der Waals surface area contributed by atoms with E-state index in [4.69, 9.17) is 4.98 Å². The summed E-state index contributed by atoms with van der Waals surface area (Å²) in [4.78, 5) is 4.75. The number of hydrogen-bond acceptors (Lipinski definition) is 2. The molecule has 0 amide bonds. The molecular formula is C16H21N3. The lowest BCUT2D eigenvalue weighted by molar-refractivity contribution is 0.240. The van der Waals surface area contributed by atoms with E-state index in [1.807, 2.05) is 0 Å². The maximum atomic E-state index is 4.75. The second-order valence-electron chi connectivity index (χ2n) is 5.98. The average Bonchev–Trinajstić information content (AvgIpc) is 2.86. The average molecular weight is 255 g/mol. The molecule has 1 aliphatic heterocycles. The van der Waals surface area contributed by atoms with E-state index >= 15 is 0 Å². The van der Waals surface area contributed by atoms with Gasteiger partial charge in [-0.15, -0.1) is 0 Å². The molecule has 0 bridgehead atoms. The zero-order valence-electron chi connectivity index (χ0n) is 11.3. The lowest BCUT2D eigenvalue weighted by Gasteiger charge is -2.35. The minimum Gasteiger partial charge on any atom is -0.356 e. The molecule has 2 heterocycles. The summed E-state index contributed by atoms with van der Waals surface area (Å²) in [7, 11) is 0. The van der Waals surface area contributed by atoms with Gasteiger partial charge in [-0.25, -0.2) is 4.98 Å². The number of nitrogens with zero attached hydrogens (tertiary/aromatic N) is 2. The Kier molecular flexibility index (Phi) is 2.71. The van der Waals surface area contributed by atoms with Gasteiger partial charge in [0.05, 0.1) is 11.0 Å². The maximum Gasteiger partial charge on any atom is 0.204 e. The Bertz CT molecular complexity index is 581. The quantitative estimate of drug-likeness (QED) is 0.835. The number of nitrogens with one attached hydrogen (secondary N) is 1. The van der Waals surface area contributed by atoms with Gasteiger partial charge in [0.25, 0.3) is 0 Å². The molecule has 0 spiro atoms. The molecule has 4 rings (SSSR count). The van der Waals surface area contributed by atoms with E-state index in [0.717, 1.165) is 23.9 Å². The molecule has 1 aromatic carbocycles. The normalized spacial score (nSPS) is 24.1. The highest BCUT2D eigenvalue weighted by Gasteiger charge is 2.30. The van der Waals surface area contributed by atoms with E-state index in [9.17, 15) is 0 Å². The van der Waals surface area contributed by atoms with Crippen LogP contribution < -0.4 is 5.32 Å². The van der Waals surface area contributed by atoms with Crippen LogP contribution >= 0.6 is 0 Å². The second-order valence-corrected chi connectivity index (χ2v) is 5.98. The van der Waals surface area contributed by atoms with E-state index in [-0.39, 0.29) is 0 Å². The molecule has 1 atom stereocenters. The van der Waals surface area contributed by atoms with Crippen molar-refractivity contribution < 1.29 is 0 Å². The van der Waals surface area contributed by atoms with Crippen LogP contribution in [0, 0.1) is 5.92 Å². The van der Waals surface area contributed by atoms with Crippen molar-refractivity contribution >= 4 is 17.0 Å². The molecule has 1 aliphatic carbocycles. The van der Waals surface area contributed by atoms with Crippen LogP contribution in [0.5, 0.6) is 0 Å². The maximum absolute atomic E-state index is 4.75. The third-order valence-corrected chi connectivity index (χ3v) is 4.84. The summed E-state index contributed by atoms with van der Waals surface area (Å²) in [5.41, 5.74) is 2.44. The first-order valence-electron chi connectivity index (χ1n) is 7.64. The number of imidazole rings is 1. The van der Waals surface area contributed by atoms with Crippen molar-refractivity contribution in [2.75, 3.05) is 11.9 Å². The lowest BCUT2D eigenvalue weighted by atomic mass is 9.82. The fourth-order valence-corrected chi connectivity index (χ4v) is 3.93. The summed E-state index contributed by atoms with van der Waals surface area (Å²) in [5.74, 6) is 1.94. The molecule has 19 heavy (non-hydrogen) atoms. The van der Waals surface area contributed by atoms with Crippen molar-refractivity contribution in [3.05, 3.63) is 24.3 Å². The molecule has 3 heteroatoms. The van der Waals surface area contributed by atoms with Gasteiger partial charge in [-0.2, -0.15) is 0 Å². The first kappa shape index (κ1) is 11.3.